The molecule has 0 bridgehead atoms. The molecule has 0 aliphatic rings. The molecule has 0 unspecified atom stereocenters. The van der Waals surface area contributed by atoms with Crippen molar-refractivity contribution < 1.29 is 4.79 Å². The number of carbonyl (C=O) groups is 1. The highest BCUT2D eigenvalue weighted by atomic mass is 16.1. The average Bonchev–Trinajstić information content (AvgIpc) is 2.55. The van der Waals surface area contributed by atoms with Crippen LogP contribution in [0.4, 0.5) is 5.82 Å². The van der Waals surface area contributed by atoms with Crippen LogP contribution in [-0.2, 0) is 6.42 Å². The normalized spacial score (nSPS) is 10.1. The van der Waals surface area contributed by atoms with E-state index in [0.717, 1.165) is 24.5 Å². The zero-order chi connectivity index (χ0) is 14.9. The summed E-state index contributed by atoms with van der Waals surface area (Å²) in [6, 6.07) is 5.71. The summed E-state index contributed by atoms with van der Waals surface area (Å²) in [6.07, 6.45) is 6.30. The van der Waals surface area contributed by atoms with Gasteiger partial charge in [-0.2, -0.15) is 0 Å². The number of amides is 1. The van der Waals surface area contributed by atoms with Crippen molar-refractivity contribution in [3.05, 3.63) is 48.2 Å². The Kier molecular flexibility index (Phi) is 5.63. The Morgan fingerprint density at radius 1 is 1.24 bits per heavy atom. The third-order valence-corrected chi connectivity index (χ3v) is 2.98. The van der Waals surface area contributed by atoms with E-state index in [1.165, 1.54) is 6.33 Å². The summed E-state index contributed by atoms with van der Waals surface area (Å²) < 4.78 is 0. The fourth-order valence-electron chi connectivity index (χ4n) is 1.90. The quantitative estimate of drug-likeness (QED) is 0.756. The smallest absolute Gasteiger partial charge is 0.254 e. The first-order valence-electron chi connectivity index (χ1n) is 7.03. The van der Waals surface area contributed by atoms with Crippen molar-refractivity contribution in [2.45, 2.75) is 19.8 Å². The van der Waals surface area contributed by atoms with Gasteiger partial charge in [0.1, 0.15) is 12.1 Å². The topological polar surface area (TPSA) is 79.8 Å². The molecule has 0 atom stereocenters. The minimum atomic E-state index is -0.120. The predicted octanol–water partition coefficient (Wildman–Crippen LogP) is 1.67. The number of anilines is 1. The fraction of sp³-hybridized carbons (Fsp3) is 0.333. The number of hydrogen-bond donors (Lipinski definition) is 2. The molecule has 2 heterocycles. The number of nitrogens with zero attached hydrogens (tertiary/aromatic N) is 3. The van der Waals surface area contributed by atoms with Gasteiger partial charge in [0.15, 0.2) is 0 Å². The Morgan fingerprint density at radius 2 is 2.14 bits per heavy atom. The van der Waals surface area contributed by atoms with E-state index in [9.17, 15) is 4.79 Å². The highest BCUT2D eigenvalue weighted by molar-refractivity contribution is 5.94. The summed E-state index contributed by atoms with van der Waals surface area (Å²) >= 11 is 0. The van der Waals surface area contributed by atoms with Crippen LogP contribution in [0.3, 0.4) is 0 Å². The van der Waals surface area contributed by atoms with E-state index in [-0.39, 0.29) is 5.91 Å². The maximum absolute atomic E-state index is 12.0. The van der Waals surface area contributed by atoms with Crippen molar-refractivity contribution in [3.8, 4) is 0 Å². The molecule has 2 aromatic heterocycles. The molecule has 0 aliphatic heterocycles. The lowest BCUT2D eigenvalue weighted by molar-refractivity contribution is 0.0952. The molecule has 0 aliphatic carbocycles. The fourth-order valence-corrected chi connectivity index (χ4v) is 1.90. The van der Waals surface area contributed by atoms with Gasteiger partial charge in [-0.05, 0) is 25.0 Å². The van der Waals surface area contributed by atoms with Crippen molar-refractivity contribution in [1.82, 2.24) is 20.3 Å². The molecule has 0 aromatic carbocycles. The van der Waals surface area contributed by atoms with Crippen LogP contribution in [0.15, 0.2) is 36.9 Å². The first-order valence-corrected chi connectivity index (χ1v) is 7.03. The molecule has 6 heteroatoms. The molecule has 6 nitrogen and oxygen atoms in total. The van der Waals surface area contributed by atoms with Gasteiger partial charge >= 0.3 is 0 Å². The number of hydrogen-bond acceptors (Lipinski definition) is 5. The van der Waals surface area contributed by atoms with Gasteiger partial charge < -0.3 is 10.6 Å². The van der Waals surface area contributed by atoms with Gasteiger partial charge in [-0.3, -0.25) is 4.79 Å². The standard InChI is InChI=1S/C15H19N5O/c1-2-13-12(10-16-11-20-13)15(21)19-9-5-8-18-14-6-3-4-7-17-14/h3-4,6-7,10-11H,2,5,8-9H2,1H3,(H,17,18)(H,19,21). The Hall–Kier alpha value is -2.50. The largest absolute Gasteiger partial charge is 0.370 e. The van der Waals surface area contributed by atoms with E-state index in [0.29, 0.717) is 18.5 Å². The number of nitrogens with one attached hydrogen (secondary N) is 2. The van der Waals surface area contributed by atoms with Crippen LogP contribution in [0.1, 0.15) is 29.4 Å². The Bertz CT molecular complexity index is 573. The van der Waals surface area contributed by atoms with E-state index in [1.807, 2.05) is 25.1 Å². The number of aryl methyl sites for hydroxylation is 1. The average molecular weight is 285 g/mol. The van der Waals surface area contributed by atoms with E-state index in [1.54, 1.807) is 12.4 Å². The summed E-state index contributed by atoms with van der Waals surface area (Å²) in [4.78, 5) is 24.2. The summed E-state index contributed by atoms with van der Waals surface area (Å²) in [5.74, 6) is 0.721. The van der Waals surface area contributed by atoms with Crippen LogP contribution in [0.25, 0.3) is 0 Å². The molecule has 21 heavy (non-hydrogen) atoms. The molecular formula is C15H19N5O. The van der Waals surface area contributed by atoms with Gasteiger partial charge in [0.2, 0.25) is 0 Å². The van der Waals surface area contributed by atoms with Crippen molar-refractivity contribution in [2.24, 2.45) is 0 Å². The SMILES string of the molecule is CCc1ncncc1C(=O)NCCCNc1ccccn1. The summed E-state index contributed by atoms with van der Waals surface area (Å²) in [5.41, 5.74) is 1.33. The molecule has 2 N–H and O–H groups in total. The van der Waals surface area contributed by atoms with Gasteiger partial charge in [-0.15, -0.1) is 0 Å². The van der Waals surface area contributed by atoms with Crippen LogP contribution >= 0.6 is 0 Å². The maximum Gasteiger partial charge on any atom is 0.254 e. The first kappa shape index (κ1) is 14.9. The van der Waals surface area contributed by atoms with E-state index < -0.39 is 0 Å². The zero-order valence-electron chi connectivity index (χ0n) is 12.0. The molecule has 0 spiro atoms. The maximum atomic E-state index is 12.0. The molecule has 0 radical (unpaired) electrons. The van der Waals surface area contributed by atoms with Gasteiger partial charge in [0.25, 0.3) is 5.91 Å². The molecule has 2 aromatic rings. The van der Waals surface area contributed by atoms with Gasteiger partial charge in [-0.1, -0.05) is 13.0 Å². The Balaban J connectivity index is 1.72. The van der Waals surface area contributed by atoms with Crippen molar-refractivity contribution in [3.63, 3.8) is 0 Å². The van der Waals surface area contributed by atoms with Gasteiger partial charge in [0, 0.05) is 25.5 Å². The molecule has 110 valence electrons. The summed E-state index contributed by atoms with van der Waals surface area (Å²) in [6.45, 7) is 3.32. The highest BCUT2D eigenvalue weighted by Crippen LogP contribution is 2.04. The lowest BCUT2D eigenvalue weighted by Crippen LogP contribution is -2.27. The van der Waals surface area contributed by atoms with Crippen molar-refractivity contribution in [2.75, 3.05) is 18.4 Å². The molecule has 1 amide bonds. The van der Waals surface area contributed by atoms with Crippen LogP contribution in [0.2, 0.25) is 0 Å². The third-order valence-electron chi connectivity index (χ3n) is 2.98. The third kappa shape index (κ3) is 4.52. The van der Waals surface area contributed by atoms with Crippen LogP contribution < -0.4 is 10.6 Å². The first-order chi connectivity index (χ1) is 10.3. The second-order valence-electron chi connectivity index (χ2n) is 4.49. The van der Waals surface area contributed by atoms with Crippen molar-refractivity contribution >= 4 is 11.7 Å². The predicted molar refractivity (Wildman–Crippen MR) is 81.1 cm³/mol. The highest BCUT2D eigenvalue weighted by Gasteiger charge is 2.10. The van der Waals surface area contributed by atoms with E-state index in [2.05, 4.69) is 25.6 Å². The molecule has 0 fully saturated rings. The number of pyridine rings is 1. The number of rotatable bonds is 7. The van der Waals surface area contributed by atoms with E-state index in [4.69, 9.17) is 0 Å². The van der Waals surface area contributed by atoms with Gasteiger partial charge in [-0.25, -0.2) is 15.0 Å². The van der Waals surface area contributed by atoms with Gasteiger partial charge in [0.05, 0.1) is 11.3 Å². The number of aromatic nitrogens is 3. The second-order valence-corrected chi connectivity index (χ2v) is 4.49. The monoisotopic (exact) mass is 285 g/mol. The van der Waals surface area contributed by atoms with E-state index >= 15 is 0 Å². The Morgan fingerprint density at radius 3 is 2.90 bits per heavy atom. The van der Waals surface area contributed by atoms with Crippen LogP contribution in [0, 0.1) is 0 Å². The molecule has 2 rings (SSSR count). The molecular weight excluding hydrogens is 266 g/mol. The van der Waals surface area contributed by atoms with Crippen LogP contribution in [-0.4, -0.2) is 33.9 Å². The molecule has 0 saturated carbocycles. The van der Waals surface area contributed by atoms with Crippen LogP contribution in [0.5, 0.6) is 0 Å². The van der Waals surface area contributed by atoms with Crippen molar-refractivity contribution in [1.29, 1.82) is 0 Å². The lowest BCUT2D eigenvalue weighted by Gasteiger charge is -2.08. The zero-order valence-corrected chi connectivity index (χ0v) is 12.0. The Labute approximate surface area is 124 Å². The molecule has 0 saturated heterocycles. The minimum Gasteiger partial charge on any atom is -0.370 e. The minimum absolute atomic E-state index is 0.120. The number of carbonyl (C=O) groups excluding carboxylic acids is 1. The summed E-state index contributed by atoms with van der Waals surface area (Å²) in [5, 5.41) is 6.07. The lowest BCUT2D eigenvalue weighted by atomic mass is 10.2. The second kappa shape index (κ2) is 7.94. The summed E-state index contributed by atoms with van der Waals surface area (Å²) in [7, 11) is 0.